The van der Waals surface area contributed by atoms with E-state index < -0.39 is 11.5 Å². The van der Waals surface area contributed by atoms with Crippen molar-refractivity contribution in [1.29, 1.82) is 0 Å². The molecule has 2 aromatic carbocycles. The molecule has 1 aliphatic heterocycles. The Kier molecular flexibility index (Phi) is 14.2. The van der Waals surface area contributed by atoms with E-state index in [9.17, 15) is 19.5 Å². The first-order chi connectivity index (χ1) is 25.9. The quantitative estimate of drug-likeness (QED) is 0.0664. The van der Waals surface area contributed by atoms with Gasteiger partial charge in [-0.05, 0) is 103 Å². The van der Waals surface area contributed by atoms with Crippen molar-refractivity contribution in [2.75, 3.05) is 32.7 Å². The maximum Gasteiger partial charge on any atom is 0.242 e. The van der Waals surface area contributed by atoms with E-state index in [0.717, 1.165) is 95.2 Å². The van der Waals surface area contributed by atoms with Crippen LogP contribution in [0.15, 0.2) is 53.5 Å². The maximum absolute atomic E-state index is 14.1. The number of amides is 3. The van der Waals surface area contributed by atoms with Gasteiger partial charge in [0, 0.05) is 32.1 Å². The smallest absolute Gasteiger partial charge is 0.242 e. The highest BCUT2D eigenvalue weighted by Crippen LogP contribution is 2.56. The molecule has 2 fully saturated rings. The van der Waals surface area contributed by atoms with Crippen LogP contribution in [-0.4, -0.2) is 78.4 Å². The molecule has 3 amide bonds. The monoisotopic (exact) mass is 743 g/mol. The molecule has 10 heteroatoms. The SMILES string of the molecule is CCCCC(N)=NCCCCCCNC(=O)[C@@H](CC(C)C)NC(=O)CNC(=O)[C@@]1(c2ccccc2)C[C@H]1CN1CC[C@@]2(C)c3cc(O)ccc3C[C@@H]1[C@@H]2C. The first kappa shape index (κ1) is 41.2. The molecule has 0 spiro atoms. The minimum Gasteiger partial charge on any atom is -0.508 e. The van der Waals surface area contributed by atoms with Crippen LogP contribution in [0.25, 0.3) is 0 Å². The van der Waals surface area contributed by atoms with E-state index in [-0.39, 0.29) is 41.5 Å². The summed E-state index contributed by atoms with van der Waals surface area (Å²) in [6.45, 7) is 13.7. The van der Waals surface area contributed by atoms with Gasteiger partial charge in [0.2, 0.25) is 17.7 Å². The molecular weight excluding hydrogens is 677 g/mol. The first-order valence-electron chi connectivity index (χ1n) is 20.6. The van der Waals surface area contributed by atoms with Crippen LogP contribution in [0.1, 0.15) is 116 Å². The van der Waals surface area contributed by atoms with Gasteiger partial charge < -0.3 is 26.8 Å². The number of fused-ring (bicyclic) bond motifs is 4. The van der Waals surface area contributed by atoms with Gasteiger partial charge in [0.25, 0.3) is 0 Å². The van der Waals surface area contributed by atoms with Crippen molar-refractivity contribution in [2.24, 2.45) is 28.5 Å². The number of piperidine rings is 1. The Labute approximate surface area is 323 Å². The Morgan fingerprint density at radius 3 is 2.54 bits per heavy atom. The van der Waals surface area contributed by atoms with Gasteiger partial charge >= 0.3 is 0 Å². The van der Waals surface area contributed by atoms with E-state index in [0.29, 0.717) is 30.7 Å². The number of phenols is 1. The van der Waals surface area contributed by atoms with Crippen molar-refractivity contribution < 1.29 is 19.5 Å². The van der Waals surface area contributed by atoms with Gasteiger partial charge in [0.05, 0.1) is 17.8 Å². The second-order valence-electron chi connectivity index (χ2n) is 16.9. The number of nitrogens with one attached hydrogen (secondary N) is 3. The number of nitrogens with zero attached hydrogens (tertiary/aromatic N) is 2. The summed E-state index contributed by atoms with van der Waals surface area (Å²) in [5.41, 5.74) is 8.81. The number of amidine groups is 1. The van der Waals surface area contributed by atoms with E-state index in [4.69, 9.17) is 5.73 Å². The maximum atomic E-state index is 14.1. The molecule has 54 heavy (non-hydrogen) atoms. The number of likely N-dealkylation sites (tertiary alicyclic amines) is 1. The lowest BCUT2D eigenvalue weighted by Crippen LogP contribution is -2.58. The molecule has 0 aromatic heterocycles. The van der Waals surface area contributed by atoms with E-state index in [1.807, 2.05) is 50.2 Å². The first-order valence-corrected chi connectivity index (χ1v) is 20.6. The van der Waals surface area contributed by atoms with Gasteiger partial charge in [-0.2, -0.15) is 0 Å². The predicted molar refractivity (Wildman–Crippen MR) is 216 cm³/mol. The largest absolute Gasteiger partial charge is 0.508 e. The number of carbonyl (C=O) groups excluding carboxylic acids is 3. The molecule has 5 rings (SSSR count). The fourth-order valence-corrected chi connectivity index (χ4v) is 9.10. The number of nitrogens with two attached hydrogens (primary N) is 1. The topological polar surface area (TPSA) is 149 Å². The molecule has 3 aliphatic rings. The van der Waals surface area contributed by atoms with Gasteiger partial charge in [0.15, 0.2) is 0 Å². The molecule has 1 saturated heterocycles. The van der Waals surface area contributed by atoms with Crippen LogP contribution in [0.2, 0.25) is 0 Å². The third-order valence-corrected chi connectivity index (χ3v) is 12.6. The molecule has 296 valence electrons. The van der Waals surface area contributed by atoms with Crippen LogP contribution in [0, 0.1) is 17.8 Å². The van der Waals surface area contributed by atoms with Gasteiger partial charge in [0.1, 0.15) is 11.8 Å². The standard InChI is InChI=1S/C44H66N6O4/c1-6-7-17-39(45)46-21-13-8-9-14-22-47-41(53)37(24-30(2)3)49-40(52)28-48-42(54)44(33-15-11-10-12-16-33)27-34(44)29-50-23-20-43(5)31(4)38(50)25-32-18-19-35(51)26-36(32)43/h10-12,15-16,18-19,26,30-31,34,37-38,51H,6-9,13-14,17,20-25,27-29H2,1-5H3,(H2,45,46)(H,47,53)(H,48,54)(H,49,52)/t31-,34-,37+,38+,43+,44+/m0/s1. The van der Waals surface area contributed by atoms with Crippen molar-refractivity contribution in [3.8, 4) is 5.75 Å². The third kappa shape index (κ3) is 9.84. The fraction of sp³-hybridized carbons (Fsp3) is 0.636. The van der Waals surface area contributed by atoms with Gasteiger partial charge in [-0.15, -0.1) is 0 Å². The van der Waals surface area contributed by atoms with Crippen LogP contribution < -0.4 is 21.7 Å². The number of hydrogen-bond donors (Lipinski definition) is 5. The molecule has 0 unspecified atom stereocenters. The molecule has 1 saturated carbocycles. The summed E-state index contributed by atoms with van der Waals surface area (Å²) in [7, 11) is 0. The van der Waals surface area contributed by atoms with Crippen LogP contribution >= 0.6 is 0 Å². The van der Waals surface area contributed by atoms with Crippen molar-refractivity contribution in [3.63, 3.8) is 0 Å². The van der Waals surface area contributed by atoms with Crippen LogP contribution in [-0.2, 0) is 31.6 Å². The zero-order valence-corrected chi connectivity index (χ0v) is 33.5. The molecule has 2 aliphatic carbocycles. The summed E-state index contributed by atoms with van der Waals surface area (Å²) in [5, 5.41) is 19.2. The zero-order chi connectivity index (χ0) is 38.9. The number of hydrogen-bond acceptors (Lipinski definition) is 6. The molecule has 0 radical (unpaired) electrons. The number of unbranched alkanes of at least 4 members (excludes halogenated alkanes) is 4. The summed E-state index contributed by atoms with van der Waals surface area (Å²) >= 11 is 0. The summed E-state index contributed by atoms with van der Waals surface area (Å²) in [6, 6.07) is 15.5. The second kappa shape index (κ2) is 18.6. The fourth-order valence-electron chi connectivity index (χ4n) is 9.10. The summed E-state index contributed by atoms with van der Waals surface area (Å²) in [4.78, 5) is 47.6. The lowest BCUT2D eigenvalue weighted by Gasteiger charge is -2.55. The molecular formula is C44H66N6O4. The number of rotatable bonds is 20. The Morgan fingerprint density at radius 2 is 1.80 bits per heavy atom. The number of benzene rings is 2. The average molecular weight is 743 g/mol. The summed E-state index contributed by atoms with van der Waals surface area (Å²) in [5.74, 6) is 1.12. The summed E-state index contributed by atoms with van der Waals surface area (Å²) < 4.78 is 0. The molecule has 1 heterocycles. The average Bonchev–Trinajstić information content (AvgIpc) is 3.88. The van der Waals surface area contributed by atoms with Crippen molar-refractivity contribution in [1.82, 2.24) is 20.9 Å². The Bertz CT molecular complexity index is 1610. The van der Waals surface area contributed by atoms with E-state index in [1.165, 1.54) is 11.1 Å². The lowest BCUT2D eigenvalue weighted by molar-refractivity contribution is -0.130. The van der Waals surface area contributed by atoms with Crippen molar-refractivity contribution >= 4 is 23.6 Å². The second-order valence-corrected chi connectivity index (χ2v) is 16.9. The highest BCUT2D eigenvalue weighted by atomic mass is 16.3. The third-order valence-electron chi connectivity index (χ3n) is 12.6. The minimum absolute atomic E-state index is 0.00131. The van der Waals surface area contributed by atoms with Gasteiger partial charge in [-0.25, -0.2) is 0 Å². The minimum atomic E-state index is -0.702. The molecule has 2 aromatic rings. The predicted octanol–water partition coefficient (Wildman–Crippen LogP) is 5.75. The van der Waals surface area contributed by atoms with Crippen LogP contribution in [0.3, 0.4) is 0 Å². The highest BCUT2D eigenvalue weighted by Gasteiger charge is 2.62. The molecule has 2 bridgehead atoms. The number of aliphatic imine (C=N–C) groups is 1. The molecule has 10 nitrogen and oxygen atoms in total. The zero-order valence-electron chi connectivity index (χ0n) is 33.5. The molecule has 6 N–H and O–H groups in total. The Balaban J connectivity index is 1.13. The highest BCUT2D eigenvalue weighted by molar-refractivity contribution is 5.95. The van der Waals surface area contributed by atoms with Gasteiger partial charge in [-0.3, -0.25) is 24.3 Å². The summed E-state index contributed by atoms with van der Waals surface area (Å²) in [6.07, 6.45) is 10.0. The number of aromatic hydroxyl groups is 1. The normalized spacial score (nSPS) is 25.4. The van der Waals surface area contributed by atoms with E-state index in [2.05, 4.69) is 52.7 Å². The Morgan fingerprint density at radius 1 is 1.04 bits per heavy atom. The van der Waals surface area contributed by atoms with Crippen molar-refractivity contribution in [2.45, 2.75) is 128 Å². The van der Waals surface area contributed by atoms with Crippen molar-refractivity contribution in [3.05, 3.63) is 65.2 Å². The Hall–Kier alpha value is -3.92. The van der Waals surface area contributed by atoms with Crippen LogP contribution in [0.5, 0.6) is 5.75 Å². The van der Waals surface area contributed by atoms with Gasteiger partial charge in [-0.1, -0.05) is 90.3 Å². The molecule has 6 atom stereocenters. The van der Waals surface area contributed by atoms with E-state index in [1.54, 1.807) is 6.07 Å². The van der Waals surface area contributed by atoms with E-state index >= 15 is 0 Å². The van der Waals surface area contributed by atoms with Crippen LogP contribution in [0.4, 0.5) is 0 Å². The lowest BCUT2D eigenvalue weighted by atomic mass is 9.59. The number of phenolic OH excluding ortho intramolecular Hbond substituents is 1. The number of carbonyl (C=O) groups is 3.